The molecule has 1 rings (SSSR count). The van der Waals surface area contributed by atoms with E-state index in [0.29, 0.717) is 45.6 Å². The van der Waals surface area contributed by atoms with Gasteiger partial charge in [0.1, 0.15) is 0 Å². The molecule has 3 atom stereocenters. The average molecular weight is 675 g/mol. The van der Waals surface area contributed by atoms with E-state index in [9.17, 15) is 4.79 Å². The lowest BCUT2D eigenvalue weighted by atomic mass is 9.73. The Labute approximate surface area is 290 Å². The highest BCUT2D eigenvalue weighted by atomic mass is 28.4. The number of rotatable bonds is 21. The molecule has 5 heteroatoms. The molecule has 0 amide bonds. The van der Waals surface area contributed by atoms with E-state index < -0.39 is 16.6 Å². The lowest BCUT2D eigenvalue weighted by Gasteiger charge is -2.44. The van der Waals surface area contributed by atoms with Gasteiger partial charge in [0.05, 0.1) is 0 Å². The van der Waals surface area contributed by atoms with Gasteiger partial charge >= 0.3 is 0 Å². The van der Waals surface area contributed by atoms with Crippen molar-refractivity contribution in [2.45, 2.75) is 201 Å². The smallest absolute Gasteiger partial charge is 0.200 e. The molecule has 0 radical (unpaired) electrons. The van der Waals surface area contributed by atoms with Gasteiger partial charge in [-0.3, -0.25) is 4.79 Å². The second kappa shape index (κ2) is 18.9. The number of Topliss-reactive ketones (excluding diaryl/α,β-unsaturated/α-hetero) is 1. The van der Waals surface area contributed by atoms with Gasteiger partial charge in [0.25, 0.3) is 0 Å². The van der Waals surface area contributed by atoms with Crippen molar-refractivity contribution in [2.24, 2.45) is 11.3 Å². The second-order valence-corrected chi connectivity index (χ2v) is 28.0. The van der Waals surface area contributed by atoms with E-state index >= 15 is 0 Å². The quantitative estimate of drug-likeness (QED) is 0.0690. The van der Waals surface area contributed by atoms with Crippen LogP contribution in [0.15, 0.2) is 35.5 Å². The largest absolute Gasteiger partial charge is 0.416 e. The fourth-order valence-corrected chi connectivity index (χ4v) is 20.4. The molecular formula is C41H78O3Si2. The molecule has 0 bridgehead atoms. The van der Waals surface area contributed by atoms with Gasteiger partial charge in [0.15, 0.2) is 14.1 Å². The molecule has 0 saturated heterocycles. The van der Waals surface area contributed by atoms with Gasteiger partial charge in [-0.05, 0) is 116 Å². The lowest BCUT2D eigenvalue weighted by Crippen LogP contribution is -2.49. The molecule has 0 aromatic heterocycles. The molecule has 3 nitrogen and oxygen atoms in total. The summed E-state index contributed by atoms with van der Waals surface area (Å²) in [5.74, 6) is 0.809. The molecule has 1 saturated carbocycles. The third-order valence-electron chi connectivity index (χ3n) is 12.3. The maximum Gasteiger partial charge on any atom is 0.200 e. The number of allylic oxidation sites excluding steroid dienone is 5. The normalized spacial score (nSPS) is 21.3. The fraction of sp³-hybridized carbons (Fsp3) is 0.829. The Morgan fingerprint density at radius 3 is 1.80 bits per heavy atom. The molecule has 0 spiro atoms. The van der Waals surface area contributed by atoms with Crippen LogP contribution < -0.4 is 0 Å². The van der Waals surface area contributed by atoms with Crippen molar-refractivity contribution in [3.8, 4) is 0 Å². The summed E-state index contributed by atoms with van der Waals surface area (Å²) in [6.07, 6.45) is 12.5. The molecular weight excluding hydrogens is 597 g/mol. The Morgan fingerprint density at radius 2 is 1.33 bits per heavy atom. The van der Waals surface area contributed by atoms with Crippen LogP contribution >= 0.6 is 0 Å². The highest BCUT2D eigenvalue weighted by Gasteiger charge is 2.47. The Bertz CT molecular complexity index is 975. The first-order valence-electron chi connectivity index (χ1n) is 19.0. The number of ketones is 1. The molecule has 0 aromatic carbocycles. The summed E-state index contributed by atoms with van der Waals surface area (Å²) in [6, 6.07) is 0. The Kier molecular flexibility index (Phi) is 17.7. The van der Waals surface area contributed by atoms with Crippen molar-refractivity contribution in [1.82, 2.24) is 0 Å². The molecule has 0 heterocycles. The van der Waals surface area contributed by atoms with E-state index in [2.05, 4.69) is 123 Å². The zero-order chi connectivity index (χ0) is 35.6. The Morgan fingerprint density at radius 1 is 0.826 bits per heavy atom. The molecule has 1 aliphatic carbocycles. The third kappa shape index (κ3) is 10.6. The van der Waals surface area contributed by atoms with Gasteiger partial charge in [-0.2, -0.15) is 0 Å². The van der Waals surface area contributed by atoms with Crippen LogP contribution in [0.4, 0.5) is 0 Å². The Balaban J connectivity index is 2.72. The van der Waals surface area contributed by atoms with E-state index in [4.69, 9.17) is 8.85 Å². The molecule has 268 valence electrons. The number of carbonyl (C=O) groups is 1. The molecule has 0 aliphatic heterocycles. The maximum absolute atomic E-state index is 13.1. The van der Waals surface area contributed by atoms with Crippen LogP contribution in [0.5, 0.6) is 0 Å². The van der Waals surface area contributed by atoms with Gasteiger partial charge in [0.2, 0.25) is 8.32 Å². The zero-order valence-electron chi connectivity index (χ0n) is 33.6. The van der Waals surface area contributed by atoms with Gasteiger partial charge in [-0.25, -0.2) is 0 Å². The van der Waals surface area contributed by atoms with Crippen LogP contribution in [0.1, 0.15) is 162 Å². The van der Waals surface area contributed by atoms with Crippen LogP contribution in [0.25, 0.3) is 0 Å². The standard InChI is InChI=1S/C41H78O3Si2/c1-29(2)45(30(3)4,31(5)6)43-28-27-41(17)37(15)23-25-39(41)24-22-36(14)40(42)26-21-35(13)19-18-20-38(16)44-46(32(7)8,33(9)10)34(11)12/h19,22,29-34,38-39H,15,18,20-21,23-28H2,1-14,16-17H3/b35-19+,36-22+/t38?,39-,41-/m0/s1. The van der Waals surface area contributed by atoms with Crippen molar-refractivity contribution in [3.05, 3.63) is 35.5 Å². The van der Waals surface area contributed by atoms with E-state index in [1.807, 2.05) is 6.92 Å². The van der Waals surface area contributed by atoms with Gasteiger partial charge in [-0.1, -0.05) is 120 Å². The van der Waals surface area contributed by atoms with Crippen LogP contribution in [0.3, 0.4) is 0 Å². The van der Waals surface area contributed by atoms with Crippen LogP contribution in [0, 0.1) is 11.3 Å². The highest BCUT2D eigenvalue weighted by Crippen LogP contribution is 2.51. The minimum absolute atomic E-state index is 0.0761. The first-order chi connectivity index (χ1) is 21.2. The van der Waals surface area contributed by atoms with E-state index in [1.165, 1.54) is 11.1 Å². The zero-order valence-corrected chi connectivity index (χ0v) is 35.6. The molecule has 46 heavy (non-hydrogen) atoms. The summed E-state index contributed by atoms with van der Waals surface area (Å²) in [7, 11) is -3.73. The van der Waals surface area contributed by atoms with Crippen molar-refractivity contribution in [3.63, 3.8) is 0 Å². The number of carbonyl (C=O) groups excluding carboxylic acids is 1. The first kappa shape index (κ1) is 43.3. The summed E-state index contributed by atoms with van der Waals surface area (Å²) < 4.78 is 13.9. The fourth-order valence-electron chi connectivity index (χ4n) is 9.36. The summed E-state index contributed by atoms with van der Waals surface area (Å²) in [6.45, 7) is 42.5. The van der Waals surface area contributed by atoms with Gasteiger partial charge in [-0.15, -0.1) is 0 Å². The maximum atomic E-state index is 13.1. The number of hydrogen-bond donors (Lipinski definition) is 0. The predicted octanol–water partition coefficient (Wildman–Crippen LogP) is 13.5. The number of hydrogen-bond acceptors (Lipinski definition) is 3. The van der Waals surface area contributed by atoms with Gasteiger partial charge in [0, 0.05) is 19.1 Å². The van der Waals surface area contributed by atoms with E-state index in [0.717, 1.165) is 57.1 Å². The highest BCUT2D eigenvalue weighted by molar-refractivity contribution is 6.78. The molecule has 0 aromatic rings. The molecule has 1 aliphatic rings. The summed E-state index contributed by atoms with van der Waals surface area (Å²) in [5, 5.41) is 0. The monoisotopic (exact) mass is 675 g/mol. The first-order valence-corrected chi connectivity index (χ1v) is 23.3. The van der Waals surface area contributed by atoms with E-state index in [1.54, 1.807) is 0 Å². The topological polar surface area (TPSA) is 35.5 Å². The molecule has 1 fully saturated rings. The van der Waals surface area contributed by atoms with E-state index in [-0.39, 0.29) is 17.3 Å². The van der Waals surface area contributed by atoms with Crippen molar-refractivity contribution in [1.29, 1.82) is 0 Å². The van der Waals surface area contributed by atoms with Crippen molar-refractivity contribution in [2.75, 3.05) is 6.61 Å². The summed E-state index contributed by atoms with van der Waals surface area (Å²) in [5.41, 5.74) is 7.31. The summed E-state index contributed by atoms with van der Waals surface area (Å²) >= 11 is 0. The third-order valence-corrected chi connectivity index (χ3v) is 24.6. The Hall–Kier alpha value is -0.756. The van der Waals surface area contributed by atoms with Crippen molar-refractivity contribution >= 4 is 22.4 Å². The van der Waals surface area contributed by atoms with Crippen LogP contribution in [-0.4, -0.2) is 35.1 Å². The molecule has 1 unspecified atom stereocenters. The summed E-state index contributed by atoms with van der Waals surface area (Å²) in [4.78, 5) is 13.1. The van der Waals surface area contributed by atoms with Crippen LogP contribution in [-0.2, 0) is 13.6 Å². The minimum Gasteiger partial charge on any atom is -0.416 e. The predicted molar refractivity (Wildman–Crippen MR) is 209 cm³/mol. The molecule has 0 N–H and O–H groups in total. The van der Waals surface area contributed by atoms with Gasteiger partial charge < -0.3 is 8.85 Å². The SMILES string of the molecule is C=C1CC[C@H](C/C=C(\C)C(=O)CC/C(C)=C/CCC(C)O[Si](C(C)C)(C(C)C)C(C)C)[C@@]1(C)CCO[Si](C(C)C)(C(C)C)C(C)C. The van der Waals surface area contributed by atoms with Crippen LogP contribution in [0.2, 0.25) is 33.2 Å². The van der Waals surface area contributed by atoms with Crippen molar-refractivity contribution < 1.29 is 13.6 Å². The second-order valence-electron chi connectivity index (χ2n) is 17.1. The minimum atomic E-state index is -1.88. The lowest BCUT2D eigenvalue weighted by molar-refractivity contribution is -0.115. The average Bonchev–Trinajstić information content (AvgIpc) is 3.22.